The van der Waals surface area contributed by atoms with Crippen LogP contribution in [0.4, 0.5) is 0 Å². The van der Waals surface area contributed by atoms with Crippen molar-refractivity contribution in [2.24, 2.45) is 0 Å². The molecule has 0 bridgehead atoms. The molecule has 0 aromatic rings. The number of hydrogen-bond acceptors (Lipinski definition) is 1. The van der Waals surface area contributed by atoms with E-state index in [0.29, 0.717) is 0 Å². The van der Waals surface area contributed by atoms with Crippen LogP contribution in [0.25, 0.3) is 0 Å². The van der Waals surface area contributed by atoms with Gasteiger partial charge in [0.1, 0.15) is 18.9 Å². The smallest absolute Gasteiger partial charge is 0.110 e. The van der Waals surface area contributed by atoms with Crippen LogP contribution in [0.3, 0.4) is 0 Å². The van der Waals surface area contributed by atoms with Crippen molar-refractivity contribution in [3.05, 3.63) is 24.6 Å². The van der Waals surface area contributed by atoms with Gasteiger partial charge in [-0.15, -0.1) is 0 Å². The van der Waals surface area contributed by atoms with Gasteiger partial charge in [-0.1, -0.05) is 0 Å². The van der Waals surface area contributed by atoms with Gasteiger partial charge in [-0.05, 0) is 12.2 Å². The van der Waals surface area contributed by atoms with Crippen LogP contribution in [0.15, 0.2) is 24.6 Å². The maximum Gasteiger partial charge on any atom is 0.110 e. The average molecular weight is 162 g/mol. The molecule has 1 rings (SSSR count). The topological polar surface area (TPSA) is 20.2 Å². The summed E-state index contributed by atoms with van der Waals surface area (Å²) in [7, 11) is 2.05. The first-order valence-corrected chi connectivity index (χ1v) is 3.10. The van der Waals surface area contributed by atoms with Crippen molar-refractivity contribution in [2.75, 3.05) is 20.2 Å². The molecule has 0 unspecified atom stereocenters. The van der Waals surface area contributed by atoms with Gasteiger partial charge in [-0.3, -0.25) is 4.48 Å². The Morgan fingerprint density at radius 2 is 1.80 bits per heavy atom. The fourth-order valence-corrected chi connectivity index (χ4v) is 0.907. The lowest BCUT2D eigenvalue weighted by Crippen LogP contribution is -3.00. The Balaban J connectivity index is 0.000000810. The lowest BCUT2D eigenvalue weighted by molar-refractivity contribution is -0.804. The van der Waals surface area contributed by atoms with Gasteiger partial charge < -0.3 is 17.5 Å². The van der Waals surface area contributed by atoms with Crippen molar-refractivity contribution in [3.63, 3.8) is 0 Å². The zero-order valence-electron chi connectivity index (χ0n) is 6.00. The minimum Gasteiger partial charge on any atom is -1.00 e. The quantitative estimate of drug-likeness (QED) is 0.443. The number of likely N-dealkylation sites (N-methyl/N-ethyl adjacent to an activating group) is 1. The molecule has 0 atom stereocenters. The number of hydrogen-bond donors (Lipinski definition) is 1. The monoisotopic (exact) mass is 161 g/mol. The van der Waals surface area contributed by atoms with Crippen LogP contribution in [-0.4, -0.2) is 29.8 Å². The van der Waals surface area contributed by atoms with Gasteiger partial charge in [-0.25, -0.2) is 0 Å². The SMILES string of the molecule is C[N+]1(CCO)C=CC=C1.[Cl-]. The second kappa shape index (κ2) is 3.76. The number of aliphatic hydroxyl groups is 1. The number of aliphatic hydroxyl groups excluding tert-OH is 1. The van der Waals surface area contributed by atoms with Gasteiger partial charge in [-0.2, -0.15) is 0 Å². The molecule has 0 saturated carbocycles. The molecule has 0 amide bonds. The van der Waals surface area contributed by atoms with Crippen LogP contribution in [0, 0.1) is 0 Å². The maximum absolute atomic E-state index is 8.61. The van der Waals surface area contributed by atoms with Gasteiger partial charge in [0.05, 0.1) is 13.7 Å². The van der Waals surface area contributed by atoms with E-state index in [4.69, 9.17) is 5.11 Å². The minimum atomic E-state index is 0. The van der Waals surface area contributed by atoms with Crippen LogP contribution in [0.1, 0.15) is 0 Å². The lowest BCUT2D eigenvalue weighted by atomic mass is 10.5. The molecule has 0 aromatic heterocycles. The molecule has 1 aliphatic heterocycles. The summed E-state index contributed by atoms with van der Waals surface area (Å²) >= 11 is 0. The van der Waals surface area contributed by atoms with Gasteiger partial charge in [0, 0.05) is 0 Å². The van der Waals surface area contributed by atoms with Crippen LogP contribution in [-0.2, 0) is 0 Å². The predicted molar refractivity (Wildman–Crippen MR) is 36.4 cm³/mol. The van der Waals surface area contributed by atoms with Crippen molar-refractivity contribution in [3.8, 4) is 0 Å². The molecular formula is C7H12ClNO. The highest BCUT2D eigenvalue weighted by molar-refractivity contribution is 5.03. The Hall–Kier alpha value is -0.310. The largest absolute Gasteiger partial charge is 1.00 e. The van der Waals surface area contributed by atoms with Crippen LogP contribution in [0.2, 0.25) is 0 Å². The highest BCUT2D eigenvalue weighted by atomic mass is 35.5. The number of rotatable bonds is 2. The van der Waals surface area contributed by atoms with Crippen molar-refractivity contribution in [1.82, 2.24) is 0 Å². The van der Waals surface area contributed by atoms with E-state index in [-0.39, 0.29) is 19.0 Å². The Bertz CT molecular complexity index is 142. The Morgan fingerprint density at radius 1 is 1.30 bits per heavy atom. The van der Waals surface area contributed by atoms with Crippen LogP contribution >= 0.6 is 0 Å². The summed E-state index contributed by atoms with van der Waals surface area (Å²) in [6, 6.07) is 0. The zero-order chi connectivity index (χ0) is 6.74. The first kappa shape index (κ1) is 9.69. The molecule has 0 aromatic carbocycles. The van der Waals surface area contributed by atoms with Gasteiger partial charge in [0.25, 0.3) is 0 Å². The second-order valence-corrected chi connectivity index (χ2v) is 2.48. The minimum absolute atomic E-state index is 0. The molecule has 1 N–H and O–H groups in total. The van der Waals surface area contributed by atoms with Gasteiger partial charge in [0.15, 0.2) is 0 Å². The normalized spacial score (nSPS) is 19.0. The first-order valence-electron chi connectivity index (χ1n) is 3.10. The summed E-state index contributed by atoms with van der Waals surface area (Å²) in [5.41, 5.74) is 0. The highest BCUT2D eigenvalue weighted by Gasteiger charge is 2.15. The molecule has 58 valence electrons. The van der Waals surface area contributed by atoms with Crippen molar-refractivity contribution < 1.29 is 22.0 Å². The third-order valence-electron chi connectivity index (χ3n) is 1.55. The lowest BCUT2D eigenvalue weighted by Gasteiger charge is -2.21. The molecule has 10 heavy (non-hydrogen) atoms. The van der Waals surface area contributed by atoms with E-state index in [1.807, 2.05) is 12.2 Å². The molecule has 0 fully saturated rings. The maximum atomic E-state index is 8.61. The van der Waals surface area contributed by atoms with Crippen molar-refractivity contribution in [2.45, 2.75) is 0 Å². The zero-order valence-corrected chi connectivity index (χ0v) is 6.75. The van der Waals surface area contributed by atoms with E-state index in [1.165, 1.54) is 0 Å². The molecule has 0 radical (unpaired) electrons. The fourth-order valence-electron chi connectivity index (χ4n) is 0.907. The summed E-state index contributed by atoms with van der Waals surface area (Å²) in [4.78, 5) is 0. The number of halogens is 1. The fraction of sp³-hybridized carbons (Fsp3) is 0.429. The third kappa shape index (κ3) is 2.14. The number of quaternary nitrogens is 1. The molecule has 0 aliphatic carbocycles. The van der Waals surface area contributed by atoms with Gasteiger partial charge in [0.2, 0.25) is 0 Å². The van der Waals surface area contributed by atoms with Crippen LogP contribution < -0.4 is 12.4 Å². The summed E-state index contributed by atoms with van der Waals surface area (Å²) in [5.74, 6) is 0. The molecule has 3 heteroatoms. The first-order chi connectivity index (χ1) is 4.27. The summed E-state index contributed by atoms with van der Waals surface area (Å²) in [6.45, 7) is 1.01. The summed E-state index contributed by atoms with van der Waals surface area (Å²) < 4.78 is 0.733. The number of allylic oxidation sites excluding steroid dienone is 2. The molecule has 0 spiro atoms. The van der Waals surface area contributed by atoms with E-state index < -0.39 is 0 Å². The molecule has 1 heterocycles. The standard InChI is InChI=1S/C7H12NO.ClH/c1-8(6-7-9)4-2-3-5-8;/h2-5,9H,6-7H2,1H3;1H/q+1;/p-1. The van der Waals surface area contributed by atoms with Gasteiger partial charge >= 0.3 is 0 Å². The Morgan fingerprint density at radius 3 is 2.20 bits per heavy atom. The van der Waals surface area contributed by atoms with E-state index in [1.54, 1.807) is 0 Å². The molecule has 0 saturated heterocycles. The summed E-state index contributed by atoms with van der Waals surface area (Å²) in [6.07, 6.45) is 8.10. The van der Waals surface area contributed by atoms with Crippen molar-refractivity contribution in [1.29, 1.82) is 0 Å². The average Bonchev–Trinajstić information content (AvgIpc) is 2.16. The number of nitrogens with zero attached hydrogens (tertiary/aromatic N) is 1. The predicted octanol–water partition coefficient (Wildman–Crippen LogP) is -2.53. The van der Waals surface area contributed by atoms with E-state index in [2.05, 4.69) is 19.4 Å². The Labute approximate surface area is 67.5 Å². The van der Waals surface area contributed by atoms with Crippen molar-refractivity contribution >= 4 is 0 Å². The van der Waals surface area contributed by atoms with Crippen LogP contribution in [0.5, 0.6) is 0 Å². The second-order valence-electron chi connectivity index (χ2n) is 2.48. The van der Waals surface area contributed by atoms with E-state index in [9.17, 15) is 0 Å². The summed E-state index contributed by atoms with van der Waals surface area (Å²) in [5, 5.41) is 8.61. The highest BCUT2D eigenvalue weighted by Crippen LogP contribution is 2.10. The Kier molecular flexibility index (Phi) is 3.64. The van der Waals surface area contributed by atoms with E-state index in [0.717, 1.165) is 11.0 Å². The van der Waals surface area contributed by atoms with E-state index >= 15 is 0 Å². The molecule has 1 aliphatic rings. The third-order valence-corrected chi connectivity index (χ3v) is 1.55. The molecule has 2 nitrogen and oxygen atoms in total. The molecular weight excluding hydrogens is 150 g/mol.